The number of halogens is 1. The van der Waals surface area contributed by atoms with Gasteiger partial charge < -0.3 is 4.74 Å². The molecule has 0 radical (unpaired) electrons. The van der Waals surface area contributed by atoms with Crippen molar-refractivity contribution in [2.45, 2.75) is 30.9 Å². The lowest BCUT2D eigenvalue weighted by atomic mass is 9.97. The molecule has 4 rings (SSSR count). The third-order valence-corrected chi connectivity index (χ3v) is 4.48. The molecule has 122 valence electrons. The molecule has 0 bridgehead atoms. The molecule has 7 nitrogen and oxygen atoms in total. The van der Waals surface area contributed by atoms with Gasteiger partial charge in [0.05, 0.1) is 36.5 Å². The number of carbonyl (C=O) groups excluding carboxylic acids is 1. The Kier molecular flexibility index (Phi) is 3.23. The van der Waals surface area contributed by atoms with Gasteiger partial charge in [-0.3, -0.25) is 4.90 Å². The van der Waals surface area contributed by atoms with E-state index >= 15 is 0 Å². The predicted molar refractivity (Wildman–Crippen MR) is 80.6 cm³/mol. The molecule has 1 saturated heterocycles. The molecule has 2 heterocycles. The number of anilines is 1. The van der Waals surface area contributed by atoms with Gasteiger partial charge >= 0.3 is 6.09 Å². The molecular formula is C16H14FN5O2. The Hall–Kier alpha value is -2.95. The number of benzene rings is 1. The van der Waals surface area contributed by atoms with Crippen molar-refractivity contribution < 1.29 is 13.9 Å². The lowest BCUT2D eigenvalue weighted by Gasteiger charge is -2.15. The smallest absolute Gasteiger partial charge is 0.414 e. The van der Waals surface area contributed by atoms with Crippen LogP contribution in [0.4, 0.5) is 14.9 Å². The first-order valence-corrected chi connectivity index (χ1v) is 7.65. The minimum atomic E-state index is -0.691. The maximum atomic E-state index is 14.4. The molecule has 2 aromatic rings. The first-order chi connectivity index (χ1) is 11.6. The highest BCUT2D eigenvalue weighted by molar-refractivity contribution is 5.89. The summed E-state index contributed by atoms with van der Waals surface area (Å²) in [7, 11) is 0. The fourth-order valence-electron chi connectivity index (χ4n) is 2.99. The molecule has 1 atom stereocenters. The Bertz CT molecular complexity index is 825. The summed E-state index contributed by atoms with van der Waals surface area (Å²) in [6.45, 7) is 0.696. The van der Waals surface area contributed by atoms with Crippen LogP contribution in [0, 0.1) is 17.1 Å². The topological polar surface area (TPSA) is 84.0 Å². The quantitative estimate of drug-likeness (QED) is 0.857. The summed E-state index contributed by atoms with van der Waals surface area (Å²) in [6.07, 6.45) is 3.68. The molecule has 1 amide bonds. The van der Waals surface area contributed by atoms with Crippen LogP contribution in [0.25, 0.3) is 0 Å². The fourth-order valence-corrected chi connectivity index (χ4v) is 2.99. The van der Waals surface area contributed by atoms with Gasteiger partial charge in [-0.2, -0.15) is 5.26 Å². The monoisotopic (exact) mass is 327 g/mol. The molecule has 1 aliphatic carbocycles. The van der Waals surface area contributed by atoms with E-state index in [1.807, 2.05) is 0 Å². The molecule has 24 heavy (non-hydrogen) atoms. The molecule has 1 aliphatic heterocycles. The molecule has 1 aromatic heterocycles. The summed E-state index contributed by atoms with van der Waals surface area (Å²) in [5, 5.41) is 16.7. The third kappa shape index (κ3) is 2.38. The van der Waals surface area contributed by atoms with E-state index in [0.717, 1.165) is 0 Å². The molecule has 8 heteroatoms. The average molecular weight is 327 g/mol. The number of hydrogen-bond acceptors (Lipinski definition) is 5. The van der Waals surface area contributed by atoms with Gasteiger partial charge in [-0.15, -0.1) is 5.10 Å². The van der Waals surface area contributed by atoms with E-state index in [1.165, 1.54) is 11.0 Å². The highest BCUT2D eigenvalue weighted by Gasteiger charge is 2.47. The van der Waals surface area contributed by atoms with E-state index in [1.54, 1.807) is 29.2 Å². The van der Waals surface area contributed by atoms with Gasteiger partial charge in [0, 0.05) is 11.8 Å². The van der Waals surface area contributed by atoms with Gasteiger partial charge in [0.1, 0.15) is 11.9 Å². The summed E-state index contributed by atoms with van der Waals surface area (Å²) >= 11 is 0. The van der Waals surface area contributed by atoms with Gasteiger partial charge in [0.2, 0.25) is 0 Å². The molecule has 0 N–H and O–H groups in total. The number of carbonyl (C=O) groups is 1. The number of cyclic esters (lactones) is 1. The Morgan fingerprint density at radius 2 is 2.29 bits per heavy atom. The number of rotatable bonds is 4. The number of nitrogens with zero attached hydrogens (tertiary/aromatic N) is 5. The third-order valence-electron chi connectivity index (χ3n) is 4.48. The van der Waals surface area contributed by atoms with Crippen molar-refractivity contribution in [3.05, 3.63) is 42.0 Å². The van der Waals surface area contributed by atoms with Crippen molar-refractivity contribution in [1.29, 1.82) is 5.26 Å². The molecule has 2 fully saturated rings. The Balaban J connectivity index is 1.53. The van der Waals surface area contributed by atoms with Crippen LogP contribution in [0.1, 0.15) is 18.4 Å². The molecule has 0 spiro atoms. The van der Waals surface area contributed by atoms with Crippen LogP contribution in [0.2, 0.25) is 0 Å². The number of aromatic nitrogens is 3. The predicted octanol–water partition coefficient (Wildman–Crippen LogP) is 2.00. The minimum Gasteiger partial charge on any atom is -0.442 e. The van der Waals surface area contributed by atoms with Crippen molar-refractivity contribution in [1.82, 2.24) is 15.0 Å². The number of ether oxygens (including phenoxy) is 1. The lowest BCUT2D eigenvalue weighted by Crippen LogP contribution is -2.26. The van der Waals surface area contributed by atoms with Gasteiger partial charge in [0.15, 0.2) is 0 Å². The number of amides is 1. The van der Waals surface area contributed by atoms with Crippen molar-refractivity contribution in [2.75, 3.05) is 11.4 Å². The van der Waals surface area contributed by atoms with Crippen molar-refractivity contribution in [2.24, 2.45) is 0 Å². The van der Waals surface area contributed by atoms with Crippen LogP contribution >= 0.6 is 0 Å². The fraction of sp³-hybridized carbons (Fsp3) is 0.375. The van der Waals surface area contributed by atoms with Gasteiger partial charge in [-0.05, 0) is 25.0 Å². The van der Waals surface area contributed by atoms with Crippen molar-refractivity contribution in [3.63, 3.8) is 0 Å². The van der Waals surface area contributed by atoms with Crippen LogP contribution in [0.15, 0.2) is 30.6 Å². The van der Waals surface area contributed by atoms with Crippen molar-refractivity contribution in [3.8, 4) is 6.07 Å². The first-order valence-electron chi connectivity index (χ1n) is 7.65. The summed E-state index contributed by atoms with van der Waals surface area (Å²) in [4.78, 5) is 13.4. The standard InChI is InChI=1S/C16H14FN5O2/c17-14-7-11(1-2-13(14)16(10-18)3-4-16)22-9-12(24-15(22)23)8-21-6-5-19-20-21/h1-2,5-7,12H,3-4,8-9H2/t12-/m0/s1. The molecule has 1 aromatic carbocycles. The zero-order valence-corrected chi connectivity index (χ0v) is 12.7. The van der Waals surface area contributed by atoms with Gasteiger partial charge in [-0.1, -0.05) is 11.3 Å². The average Bonchev–Trinajstić information content (AvgIpc) is 3.02. The second kappa shape index (κ2) is 5.30. The van der Waals surface area contributed by atoms with Gasteiger partial charge in [0.25, 0.3) is 0 Å². The zero-order valence-electron chi connectivity index (χ0n) is 12.7. The number of nitriles is 1. The maximum absolute atomic E-state index is 14.4. The molecular weight excluding hydrogens is 313 g/mol. The van der Waals surface area contributed by atoms with Crippen LogP contribution in [-0.2, 0) is 16.7 Å². The largest absolute Gasteiger partial charge is 0.442 e. The second-order valence-corrected chi connectivity index (χ2v) is 6.10. The highest BCUT2D eigenvalue weighted by atomic mass is 19.1. The van der Waals surface area contributed by atoms with E-state index in [9.17, 15) is 14.4 Å². The van der Waals surface area contributed by atoms with Crippen LogP contribution in [0.3, 0.4) is 0 Å². The van der Waals surface area contributed by atoms with E-state index in [0.29, 0.717) is 37.2 Å². The SMILES string of the molecule is N#CC1(c2ccc(N3C[C@H](Cn4ccnn4)OC3=O)cc2F)CC1. The normalized spacial score (nSPS) is 21.4. The highest BCUT2D eigenvalue weighted by Crippen LogP contribution is 2.48. The van der Waals surface area contributed by atoms with E-state index in [-0.39, 0.29) is 6.10 Å². The Labute approximate surface area is 137 Å². The van der Waals surface area contributed by atoms with E-state index in [2.05, 4.69) is 16.4 Å². The molecule has 2 aliphatic rings. The van der Waals surface area contributed by atoms with E-state index in [4.69, 9.17) is 4.74 Å². The summed E-state index contributed by atoms with van der Waals surface area (Å²) < 4.78 is 21.3. The van der Waals surface area contributed by atoms with Crippen molar-refractivity contribution >= 4 is 11.8 Å². The molecule has 0 unspecified atom stereocenters. The summed E-state index contributed by atoms with van der Waals surface area (Å²) in [5.41, 5.74) is 0.139. The zero-order chi connectivity index (χ0) is 16.7. The number of hydrogen-bond donors (Lipinski definition) is 0. The summed E-state index contributed by atoms with van der Waals surface area (Å²) in [6, 6.07) is 6.73. The van der Waals surface area contributed by atoms with Crippen LogP contribution in [0.5, 0.6) is 0 Å². The summed E-state index contributed by atoms with van der Waals surface area (Å²) in [5.74, 6) is -0.459. The van der Waals surface area contributed by atoms with Gasteiger partial charge in [-0.25, -0.2) is 13.9 Å². The van der Waals surface area contributed by atoms with E-state index < -0.39 is 17.3 Å². The Morgan fingerprint density at radius 1 is 1.46 bits per heavy atom. The Morgan fingerprint density at radius 3 is 2.92 bits per heavy atom. The maximum Gasteiger partial charge on any atom is 0.414 e. The second-order valence-electron chi connectivity index (χ2n) is 6.10. The minimum absolute atomic E-state index is 0.306. The first kappa shape index (κ1) is 14.6. The van der Waals surface area contributed by atoms with Crippen LogP contribution in [-0.4, -0.2) is 33.7 Å². The lowest BCUT2D eigenvalue weighted by molar-refractivity contribution is 0.129. The van der Waals surface area contributed by atoms with Crippen LogP contribution < -0.4 is 4.90 Å². The molecule has 1 saturated carbocycles.